The number of carboxylic acid groups (broad SMARTS) is 1. The summed E-state index contributed by atoms with van der Waals surface area (Å²) >= 11 is 0. The fraction of sp³-hybridized carbons (Fsp3) is 0.415. The number of methoxy groups -OCH3 is 1. The number of hydrogen-bond acceptors (Lipinski definition) is 10. The molecule has 2 aliphatic rings. The zero-order valence-electron chi connectivity index (χ0n) is 32.5. The number of nitrogens with one attached hydrogen (secondary N) is 3. The molecule has 298 valence electrons. The van der Waals surface area contributed by atoms with Gasteiger partial charge in [0.2, 0.25) is 17.7 Å². The summed E-state index contributed by atoms with van der Waals surface area (Å²) in [6.45, 7) is 8.74. The van der Waals surface area contributed by atoms with Crippen LogP contribution in [0.2, 0.25) is 0 Å². The molecule has 15 nitrogen and oxygen atoms in total. The Bertz CT molecular complexity index is 2000. The molecule has 2 heterocycles. The smallest absolute Gasteiger partial charge is 0.408 e. The van der Waals surface area contributed by atoms with Crippen LogP contribution in [0.25, 0.3) is 22.2 Å². The molecule has 5 rings (SSSR count). The fourth-order valence-corrected chi connectivity index (χ4v) is 6.51. The Morgan fingerprint density at radius 3 is 2.46 bits per heavy atom. The SMILES string of the molecule is C=C[C@@H]1C[C@]1(NC(=O)[C@@H]1CC(Oc2cc(-c3ccccc3)nc3cc(OC)ccc23)CN1C(=O)[C@H](CNC(=O)/C=C/CN(C)C)NC(=O)OC(C)(C)C)C(=O)O. The summed E-state index contributed by atoms with van der Waals surface area (Å²) in [5, 5.41) is 18.6. The fourth-order valence-electron chi connectivity index (χ4n) is 6.51. The largest absolute Gasteiger partial charge is 0.497 e. The summed E-state index contributed by atoms with van der Waals surface area (Å²) in [6, 6.07) is 14.1. The van der Waals surface area contributed by atoms with Crippen molar-refractivity contribution < 1.29 is 43.3 Å². The van der Waals surface area contributed by atoms with E-state index in [0.717, 1.165) is 5.56 Å². The highest BCUT2D eigenvalue weighted by atomic mass is 16.6. The zero-order chi connectivity index (χ0) is 40.8. The molecule has 3 aromatic rings. The van der Waals surface area contributed by atoms with Crippen molar-refractivity contribution in [1.82, 2.24) is 30.7 Å². The topological polar surface area (TPSA) is 189 Å². The monoisotopic (exact) mass is 770 g/mol. The van der Waals surface area contributed by atoms with E-state index >= 15 is 0 Å². The number of rotatable bonds is 15. The number of nitrogens with zero attached hydrogens (tertiary/aromatic N) is 3. The minimum atomic E-state index is -1.57. The number of hydrogen-bond donors (Lipinski definition) is 4. The highest BCUT2D eigenvalue weighted by Gasteiger charge is 2.61. The molecular formula is C41H50N6O9. The Kier molecular flexibility index (Phi) is 12.7. The normalized spacial score (nSPS) is 21.0. The van der Waals surface area contributed by atoms with Crippen LogP contribution in [0.1, 0.15) is 33.6 Å². The van der Waals surface area contributed by atoms with Crippen molar-refractivity contribution in [3.8, 4) is 22.8 Å². The highest BCUT2D eigenvalue weighted by Crippen LogP contribution is 2.45. The van der Waals surface area contributed by atoms with E-state index in [9.17, 15) is 29.1 Å². The summed E-state index contributed by atoms with van der Waals surface area (Å²) in [5.74, 6) is -2.63. The van der Waals surface area contributed by atoms with E-state index in [1.54, 1.807) is 52.2 Å². The molecule has 1 aliphatic heterocycles. The lowest BCUT2D eigenvalue weighted by molar-refractivity contribution is -0.145. The van der Waals surface area contributed by atoms with Crippen LogP contribution in [0.15, 0.2) is 79.4 Å². The number of fused-ring (bicyclic) bond motifs is 1. The number of benzene rings is 2. The lowest BCUT2D eigenvalue weighted by Crippen LogP contribution is -2.58. The van der Waals surface area contributed by atoms with Crippen LogP contribution in [-0.2, 0) is 23.9 Å². The molecule has 0 radical (unpaired) electrons. The minimum absolute atomic E-state index is 0.0224. The number of ether oxygens (including phenoxy) is 3. The van der Waals surface area contributed by atoms with E-state index in [1.165, 1.54) is 17.1 Å². The Morgan fingerprint density at radius 1 is 1.11 bits per heavy atom. The number of amides is 4. The molecule has 0 spiro atoms. The third-order valence-electron chi connectivity index (χ3n) is 9.43. The standard InChI is InChI=1S/C41H50N6O9/c1-8-26-22-41(26,38(51)52)45-36(49)33-20-28(55-34-21-30(25-13-10-9-11-14-25)43-31-19-27(54-7)16-17-29(31)34)24-47(33)37(50)32(44-39(53)56-40(2,3)4)23-42-35(48)15-12-18-46(5)6/h8-17,19,21,26,28,32-33H,1,18,20,22-24H2,2-7H3,(H,42,48)(H,44,53)(H,45,49)(H,51,52)/b15-12+/t26-,28?,32+,33+,41-/m1/s1. The molecule has 1 saturated heterocycles. The van der Waals surface area contributed by atoms with E-state index in [0.29, 0.717) is 34.6 Å². The van der Waals surface area contributed by atoms with Gasteiger partial charge in [-0.15, -0.1) is 6.58 Å². The Morgan fingerprint density at radius 2 is 1.84 bits per heavy atom. The minimum Gasteiger partial charge on any atom is -0.497 e. The maximum atomic E-state index is 14.5. The van der Waals surface area contributed by atoms with Gasteiger partial charge in [-0.25, -0.2) is 14.6 Å². The predicted octanol–water partition coefficient (Wildman–Crippen LogP) is 3.53. The van der Waals surface area contributed by atoms with Crippen LogP contribution < -0.4 is 25.4 Å². The van der Waals surface area contributed by atoms with Crippen LogP contribution in [-0.4, -0.2) is 120 Å². The zero-order valence-corrected chi connectivity index (χ0v) is 32.5. The molecule has 5 atom stereocenters. The van der Waals surface area contributed by atoms with Crippen molar-refractivity contribution in [2.75, 3.05) is 40.8 Å². The van der Waals surface area contributed by atoms with Crippen molar-refractivity contribution in [2.24, 2.45) is 5.92 Å². The molecule has 4 N–H and O–H groups in total. The second kappa shape index (κ2) is 17.2. The predicted molar refractivity (Wildman–Crippen MR) is 209 cm³/mol. The van der Waals surface area contributed by atoms with Gasteiger partial charge in [-0.3, -0.25) is 14.4 Å². The summed E-state index contributed by atoms with van der Waals surface area (Å²) in [6.07, 6.45) is 2.87. The van der Waals surface area contributed by atoms with Gasteiger partial charge in [0.1, 0.15) is 40.8 Å². The molecule has 1 saturated carbocycles. The first-order valence-corrected chi connectivity index (χ1v) is 18.3. The van der Waals surface area contributed by atoms with E-state index in [2.05, 4.69) is 22.5 Å². The summed E-state index contributed by atoms with van der Waals surface area (Å²) in [5.41, 5.74) is -0.440. The first-order chi connectivity index (χ1) is 26.5. The molecule has 15 heteroatoms. The Hall–Kier alpha value is -5.96. The molecule has 1 aliphatic carbocycles. The van der Waals surface area contributed by atoms with Gasteiger partial charge in [0, 0.05) is 54.6 Å². The van der Waals surface area contributed by atoms with E-state index < -0.39 is 65.0 Å². The first-order valence-electron chi connectivity index (χ1n) is 18.3. The van der Waals surface area contributed by atoms with Gasteiger partial charge < -0.3 is 45.1 Å². The Balaban J connectivity index is 1.49. The third-order valence-corrected chi connectivity index (χ3v) is 9.43. The first kappa shape index (κ1) is 41.2. The third kappa shape index (κ3) is 10.0. The number of aromatic nitrogens is 1. The van der Waals surface area contributed by atoms with Crippen LogP contribution in [0.3, 0.4) is 0 Å². The maximum absolute atomic E-state index is 14.5. The number of likely N-dealkylation sites (N-methyl/N-ethyl adjacent to an activating group) is 1. The van der Waals surface area contributed by atoms with Crippen molar-refractivity contribution in [3.05, 3.63) is 79.4 Å². The molecule has 2 fully saturated rings. The van der Waals surface area contributed by atoms with Gasteiger partial charge in [-0.2, -0.15) is 0 Å². The van der Waals surface area contributed by atoms with E-state index in [4.69, 9.17) is 19.2 Å². The average molecular weight is 771 g/mol. The summed E-state index contributed by atoms with van der Waals surface area (Å²) in [4.78, 5) is 74.7. The number of aliphatic carboxylic acids is 1. The van der Waals surface area contributed by atoms with Crippen LogP contribution in [0.5, 0.6) is 11.5 Å². The van der Waals surface area contributed by atoms with Crippen LogP contribution in [0, 0.1) is 5.92 Å². The maximum Gasteiger partial charge on any atom is 0.408 e. The van der Waals surface area contributed by atoms with Crippen molar-refractivity contribution in [3.63, 3.8) is 0 Å². The van der Waals surface area contributed by atoms with Crippen molar-refractivity contribution >= 4 is 40.7 Å². The lowest BCUT2D eigenvalue weighted by Gasteiger charge is -2.30. The number of alkyl carbamates (subject to hydrolysis) is 1. The summed E-state index contributed by atoms with van der Waals surface area (Å²) in [7, 11) is 5.24. The van der Waals surface area contributed by atoms with Gasteiger partial charge in [-0.05, 0) is 53.4 Å². The van der Waals surface area contributed by atoms with Gasteiger partial charge in [0.15, 0.2) is 0 Å². The van der Waals surface area contributed by atoms with Crippen molar-refractivity contribution in [1.29, 1.82) is 0 Å². The number of carbonyl (C=O) groups excluding carboxylic acids is 4. The molecular weight excluding hydrogens is 720 g/mol. The highest BCUT2D eigenvalue weighted by molar-refractivity contribution is 5.97. The molecule has 2 aromatic carbocycles. The van der Waals surface area contributed by atoms with E-state index in [1.807, 2.05) is 55.4 Å². The quantitative estimate of drug-likeness (QED) is 0.131. The van der Waals surface area contributed by atoms with Crippen LogP contribution in [0.4, 0.5) is 4.79 Å². The van der Waals surface area contributed by atoms with E-state index in [-0.39, 0.29) is 25.9 Å². The van der Waals surface area contributed by atoms with Gasteiger partial charge in [0.25, 0.3) is 0 Å². The molecule has 1 aromatic heterocycles. The molecule has 1 unspecified atom stereocenters. The molecule has 4 amide bonds. The lowest BCUT2D eigenvalue weighted by atomic mass is 10.1. The van der Waals surface area contributed by atoms with Crippen molar-refractivity contribution in [2.45, 2.75) is 62.9 Å². The molecule has 0 bridgehead atoms. The Labute approximate surface area is 326 Å². The second-order valence-electron chi connectivity index (χ2n) is 15.2. The number of carbonyl (C=O) groups is 5. The summed E-state index contributed by atoms with van der Waals surface area (Å²) < 4.78 is 17.5. The average Bonchev–Trinajstić information content (AvgIpc) is 3.71. The van der Waals surface area contributed by atoms with Crippen LogP contribution >= 0.6 is 0 Å². The second-order valence-corrected chi connectivity index (χ2v) is 15.2. The number of pyridine rings is 1. The number of likely N-dealkylation sites (tertiary alicyclic amines) is 1. The van der Waals surface area contributed by atoms with Gasteiger partial charge in [0.05, 0.1) is 24.9 Å². The molecule has 56 heavy (non-hydrogen) atoms. The number of carboxylic acids is 1. The van der Waals surface area contributed by atoms with Gasteiger partial charge >= 0.3 is 12.1 Å². The van der Waals surface area contributed by atoms with Gasteiger partial charge in [-0.1, -0.05) is 42.5 Å².